The number of pyridine rings is 1. The highest BCUT2D eigenvalue weighted by Crippen LogP contribution is 2.37. The Kier molecular flexibility index (Phi) is 3.30. The van der Waals surface area contributed by atoms with Crippen molar-refractivity contribution in [3.8, 4) is 0 Å². The number of rotatable bonds is 2. The van der Waals surface area contributed by atoms with Crippen molar-refractivity contribution in [3.63, 3.8) is 0 Å². The van der Waals surface area contributed by atoms with E-state index in [0.29, 0.717) is 5.56 Å². The molecule has 122 valence electrons. The molecule has 1 aromatic carbocycles. The largest absolute Gasteiger partial charge is 0.375 e. The molecule has 24 heavy (non-hydrogen) atoms. The average molecular weight is 320 g/mol. The van der Waals surface area contributed by atoms with Crippen LogP contribution in [0.2, 0.25) is 0 Å². The number of hydrogen-bond acceptors (Lipinski definition) is 3. The number of nitrogens with two attached hydrogens (primary N) is 1. The highest BCUT2D eigenvalue weighted by Gasteiger charge is 2.27. The van der Waals surface area contributed by atoms with E-state index in [1.807, 2.05) is 42.6 Å². The van der Waals surface area contributed by atoms with E-state index >= 15 is 0 Å². The van der Waals surface area contributed by atoms with E-state index in [4.69, 9.17) is 10.7 Å². The van der Waals surface area contributed by atoms with Gasteiger partial charge in [-0.3, -0.25) is 4.79 Å². The van der Waals surface area contributed by atoms with Crippen molar-refractivity contribution in [2.75, 3.05) is 5.32 Å². The lowest BCUT2D eigenvalue weighted by Gasteiger charge is -2.29. The number of aryl methyl sites for hydroxylation is 2. The van der Waals surface area contributed by atoms with Gasteiger partial charge in [0.25, 0.3) is 5.91 Å². The quantitative estimate of drug-likeness (QED) is 0.762. The molecule has 5 nitrogen and oxygen atoms in total. The van der Waals surface area contributed by atoms with Crippen LogP contribution < -0.4 is 11.1 Å². The zero-order valence-corrected chi connectivity index (χ0v) is 13.8. The first-order valence-corrected chi connectivity index (χ1v) is 8.18. The van der Waals surface area contributed by atoms with Gasteiger partial charge in [0.1, 0.15) is 0 Å². The third-order valence-corrected chi connectivity index (χ3v) is 4.96. The maximum absolute atomic E-state index is 11.9. The summed E-state index contributed by atoms with van der Waals surface area (Å²) in [7, 11) is 0. The summed E-state index contributed by atoms with van der Waals surface area (Å²) in [6, 6.07) is 10.6. The second kappa shape index (κ2) is 5.37. The smallest absolute Gasteiger partial charge is 0.250 e. The normalized spacial score (nSPS) is 16.7. The maximum atomic E-state index is 11.9. The molecule has 1 amide bonds. The second-order valence-corrected chi connectivity index (χ2v) is 6.38. The van der Waals surface area contributed by atoms with Crippen molar-refractivity contribution in [1.29, 1.82) is 0 Å². The van der Waals surface area contributed by atoms with Gasteiger partial charge in [0.05, 0.1) is 23.0 Å². The van der Waals surface area contributed by atoms with Crippen LogP contribution in [-0.2, 0) is 6.42 Å². The van der Waals surface area contributed by atoms with Crippen LogP contribution in [0.15, 0.2) is 36.5 Å². The fraction of sp³-hybridized carbons (Fsp3) is 0.263. The molecule has 3 N–H and O–H groups in total. The molecule has 0 saturated carbocycles. The molecule has 0 fully saturated rings. The van der Waals surface area contributed by atoms with Gasteiger partial charge in [-0.2, -0.15) is 0 Å². The molecule has 4 rings (SSSR count). The van der Waals surface area contributed by atoms with Crippen molar-refractivity contribution >= 4 is 17.2 Å². The summed E-state index contributed by atoms with van der Waals surface area (Å²) in [5, 5.41) is 3.60. The van der Waals surface area contributed by atoms with E-state index in [0.717, 1.165) is 41.1 Å². The van der Waals surface area contributed by atoms with Crippen molar-refractivity contribution in [2.45, 2.75) is 32.7 Å². The predicted molar refractivity (Wildman–Crippen MR) is 94.3 cm³/mol. The monoisotopic (exact) mass is 320 g/mol. The summed E-state index contributed by atoms with van der Waals surface area (Å²) in [5.74, 6) is -0.390. The number of fused-ring (bicyclic) bond motifs is 3. The lowest BCUT2D eigenvalue weighted by Crippen LogP contribution is -2.23. The Morgan fingerprint density at radius 1 is 1.29 bits per heavy atom. The number of hydrogen-bond donors (Lipinski definition) is 2. The Bertz CT molecular complexity index is 943. The van der Waals surface area contributed by atoms with Crippen molar-refractivity contribution in [3.05, 3.63) is 64.6 Å². The highest BCUT2D eigenvalue weighted by molar-refractivity contribution is 5.97. The van der Waals surface area contributed by atoms with Gasteiger partial charge in [0.15, 0.2) is 5.65 Å². The van der Waals surface area contributed by atoms with Crippen molar-refractivity contribution in [2.24, 2.45) is 5.73 Å². The highest BCUT2D eigenvalue weighted by atomic mass is 16.1. The van der Waals surface area contributed by atoms with E-state index in [1.54, 1.807) is 0 Å². The third kappa shape index (κ3) is 2.16. The first-order chi connectivity index (χ1) is 11.6. The molecular formula is C19H20N4O. The molecule has 3 heterocycles. The van der Waals surface area contributed by atoms with E-state index < -0.39 is 0 Å². The van der Waals surface area contributed by atoms with Crippen LogP contribution in [-0.4, -0.2) is 15.3 Å². The minimum absolute atomic E-state index is 0.211. The average Bonchev–Trinajstić information content (AvgIpc) is 2.89. The summed E-state index contributed by atoms with van der Waals surface area (Å²) in [4.78, 5) is 16.6. The van der Waals surface area contributed by atoms with Crippen LogP contribution in [0.3, 0.4) is 0 Å². The molecule has 1 aliphatic rings. The maximum Gasteiger partial charge on any atom is 0.250 e. The van der Waals surface area contributed by atoms with Crippen LogP contribution in [0.1, 0.15) is 45.3 Å². The third-order valence-electron chi connectivity index (χ3n) is 4.96. The van der Waals surface area contributed by atoms with Crippen LogP contribution in [0.4, 0.5) is 5.69 Å². The number of nitrogens with zero attached hydrogens (tertiary/aromatic N) is 2. The summed E-state index contributed by atoms with van der Waals surface area (Å²) in [5.41, 5.74) is 12.2. The first-order valence-electron chi connectivity index (χ1n) is 8.18. The van der Waals surface area contributed by atoms with Gasteiger partial charge in [-0.25, -0.2) is 4.98 Å². The van der Waals surface area contributed by atoms with E-state index in [2.05, 4.69) is 17.4 Å². The van der Waals surface area contributed by atoms with Gasteiger partial charge in [-0.1, -0.05) is 30.3 Å². The Hall–Kier alpha value is -2.82. The molecule has 0 radical (unpaired) electrons. The summed E-state index contributed by atoms with van der Waals surface area (Å²) in [6.07, 6.45) is 3.56. The number of nitrogens with one attached hydrogen (secondary N) is 1. The standard InChI is InChI=1S/C19H20N4O/c1-11-12(2)23-10-15(18(20)24)14-8-9-16(13-6-4-3-5-7-13)22-17(14)19(23)21-11/h3-7,10,16,22H,8-9H2,1-2H3,(H2,20,24)/t16-/m0/s1. The van der Waals surface area contributed by atoms with Gasteiger partial charge >= 0.3 is 0 Å². The number of aromatic nitrogens is 2. The molecule has 0 unspecified atom stereocenters. The van der Waals surface area contributed by atoms with Crippen LogP contribution in [0, 0.1) is 13.8 Å². The number of carbonyl (C=O) groups is 1. The molecule has 0 bridgehead atoms. The van der Waals surface area contributed by atoms with Crippen LogP contribution >= 0.6 is 0 Å². The van der Waals surface area contributed by atoms with Gasteiger partial charge < -0.3 is 15.5 Å². The van der Waals surface area contributed by atoms with E-state index in [9.17, 15) is 4.79 Å². The van der Waals surface area contributed by atoms with Crippen LogP contribution in [0.5, 0.6) is 0 Å². The van der Waals surface area contributed by atoms with Gasteiger partial charge in [0.2, 0.25) is 0 Å². The Balaban J connectivity index is 1.91. The first kappa shape index (κ1) is 14.8. The molecule has 5 heteroatoms. The summed E-state index contributed by atoms with van der Waals surface area (Å²) in [6.45, 7) is 3.99. The van der Waals surface area contributed by atoms with Crippen molar-refractivity contribution < 1.29 is 4.79 Å². The Morgan fingerprint density at radius 3 is 2.75 bits per heavy atom. The zero-order chi connectivity index (χ0) is 16.8. The SMILES string of the molecule is Cc1nc2c3c(c(C(N)=O)cn2c1C)CC[C@@H](c1ccccc1)N3. The van der Waals surface area contributed by atoms with Crippen LogP contribution in [0.25, 0.3) is 5.65 Å². The number of primary amides is 1. The molecule has 2 aromatic heterocycles. The Labute approximate surface area is 140 Å². The minimum Gasteiger partial charge on any atom is -0.375 e. The van der Waals surface area contributed by atoms with E-state index in [-0.39, 0.29) is 11.9 Å². The lowest BCUT2D eigenvalue weighted by atomic mass is 9.91. The molecule has 0 saturated heterocycles. The Morgan fingerprint density at radius 2 is 2.04 bits per heavy atom. The number of amides is 1. The lowest BCUT2D eigenvalue weighted by molar-refractivity contribution is 0.0999. The minimum atomic E-state index is -0.390. The molecule has 0 aliphatic carbocycles. The zero-order valence-electron chi connectivity index (χ0n) is 13.8. The molecule has 1 aliphatic heterocycles. The van der Waals surface area contributed by atoms with Crippen molar-refractivity contribution in [1.82, 2.24) is 9.38 Å². The number of carbonyl (C=O) groups excluding carboxylic acids is 1. The molecule has 0 spiro atoms. The van der Waals surface area contributed by atoms with Gasteiger partial charge in [-0.05, 0) is 37.8 Å². The number of imidazole rings is 1. The topological polar surface area (TPSA) is 72.4 Å². The predicted octanol–water partition coefficient (Wildman–Crippen LogP) is 3.15. The molecular weight excluding hydrogens is 300 g/mol. The van der Waals surface area contributed by atoms with Gasteiger partial charge in [-0.15, -0.1) is 0 Å². The number of benzene rings is 1. The summed E-state index contributed by atoms with van der Waals surface area (Å²) < 4.78 is 1.97. The fourth-order valence-electron chi connectivity index (χ4n) is 3.53. The van der Waals surface area contributed by atoms with E-state index in [1.165, 1.54) is 5.56 Å². The second-order valence-electron chi connectivity index (χ2n) is 6.38. The van der Waals surface area contributed by atoms with Gasteiger partial charge in [0, 0.05) is 11.9 Å². The number of anilines is 1. The molecule has 1 atom stereocenters. The summed E-state index contributed by atoms with van der Waals surface area (Å²) >= 11 is 0. The molecule has 3 aromatic rings. The fourth-order valence-corrected chi connectivity index (χ4v) is 3.53.